The number of nitrogens with one attached hydrogen (secondary N) is 1. The second-order valence-electron chi connectivity index (χ2n) is 4.06. The second-order valence-corrected chi connectivity index (χ2v) is 4.06. The molecule has 1 amide bonds. The third-order valence-corrected chi connectivity index (χ3v) is 2.18. The fraction of sp³-hybridized carbons (Fsp3) is 0.417. The highest BCUT2D eigenvalue weighted by molar-refractivity contribution is 5.94. The first-order chi connectivity index (χ1) is 7.09. The first-order valence-electron chi connectivity index (χ1n) is 5.23. The van der Waals surface area contributed by atoms with Crippen LogP contribution in [0.3, 0.4) is 0 Å². The normalized spacial score (nSPS) is 9.69. The Kier molecular flexibility index (Phi) is 6.58. The number of nitrogen functional groups attached to an aromatic ring is 1. The van der Waals surface area contributed by atoms with Gasteiger partial charge in [-0.25, -0.2) is 0 Å². The van der Waals surface area contributed by atoms with E-state index >= 15 is 0 Å². The van der Waals surface area contributed by atoms with Gasteiger partial charge in [0.1, 0.15) is 0 Å². The summed E-state index contributed by atoms with van der Waals surface area (Å²) in [5.74, 6) is 0.576. The molecule has 3 N–H and O–H groups in total. The SMILES string of the molecule is CC(C)CCNC(=O)c1ccc(N)cc1.Cl. The summed E-state index contributed by atoms with van der Waals surface area (Å²) in [5, 5.41) is 2.87. The van der Waals surface area contributed by atoms with Gasteiger partial charge >= 0.3 is 0 Å². The smallest absolute Gasteiger partial charge is 0.251 e. The zero-order chi connectivity index (χ0) is 11.3. The lowest BCUT2D eigenvalue weighted by molar-refractivity contribution is 0.0952. The number of anilines is 1. The van der Waals surface area contributed by atoms with Crippen LogP contribution in [0, 0.1) is 5.92 Å². The van der Waals surface area contributed by atoms with E-state index in [4.69, 9.17) is 5.73 Å². The van der Waals surface area contributed by atoms with Gasteiger partial charge in [0.05, 0.1) is 0 Å². The van der Waals surface area contributed by atoms with Crippen LogP contribution in [0.1, 0.15) is 30.6 Å². The lowest BCUT2D eigenvalue weighted by Crippen LogP contribution is -2.25. The maximum absolute atomic E-state index is 11.6. The van der Waals surface area contributed by atoms with Crippen LogP contribution in [-0.4, -0.2) is 12.5 Å². The van der Waals surface area contributed by atoms with Crippen molar-refractivity contribution in [2.45, 2.75) is 20.3 Å². The fourth-order valence-electron chi connectivity index (χ4n) is 1.21. The average molecular weight is 243 g/mol. The summed E-state index contributed by atoms with van der Waals surface area (Å²) in [6.45, 7) is 4.99. The van der Waals surface area contributed by atoms with Crippen LogP contribution in [0.15, 0.2) is 24.3 Å². The molecule has 1 rings (SSSR count). The Morgan fingerprint density at radius 3 is 2.38 bits per heavy atom. The highest BCUT2D eigenvalue weighted by atomic mass is 35.5. The van der Waals surface area contributed by atoms with E-state index < -0.39 is 0 Å². The molecule has 0 fully saturated rings. The average Bonchev–Trinajstić information content (AvgIpc) is 2.18. The molecule has 0 unspecified atom stereocenters. The lowest BCUT2D eigenvalue weighted by Gasteiger charge is -2.07. The number of rotatable bonds is 4. The largest absolute Gasteiger partial charge is 0.399 e. The predicted molar refractivity (Wildman–Crippen MR) is 69.9 cm³/mol. The molecule has 0 aromatic heterocycles. The van der Waals surface area contributed by atoms with Gasteiger partial charge in [-0.2, -0.15) is 0 Å². The molecule has 0 aliphatic rings. The number of hydrogen-bond donors (Lipinski definition) is 2. The van der Waals surface area contributed by atoms with Crippen molar-refractivity contribution in [3.8, 4) is 0 Å². The molecule has 0 saturated heterocycles. The number of amides is 1. The zero-order valence-corrected chi connectivity index (χ0v) is 10.5. The minimum atomic E-state index is -0.0318. The molecule has 16 heavy (non-hydrogen) atoms. The summed E-state index contributed by atoms with van der Waals surface area (Å²) in [4.78, 5) is 11.6. The van der Waals surface area contributed by atoms with Crippen molar-refractivity contribution in [3.63, 3.8) is 0 Å². The van der Waals surface area contributed by atoms with Crippen molar-refractivity contribution >= 4 is 24.0 Å². The number of hydrogen-bond acceptors (Lipinski definition) is 2. The van der Waals surface area contributed by atoms with E-state index in [1.165, 1.54) is 0 Å². The molecule has 0 atom stereocenters. The highest BCUT2D eigenvalue weighted by Crippen LogP contribution is 2.05. The fourth-order valence-corrected chi connectivity index (χ4v) is 1.21. The zero-order valence-electron chi connectivity index (χ0n) is 9.69. The van der Waals surface area contributed by atoms with E-state index in [0.717, 1.165) is 13.0 Å². The Labute approximate surface area is 103 Å². The van der Waals surface area contributed by atoms with Gasteiger partial charge in [0.15, 0.2) is 0 Å². The molecule has 0 saturated carbocycles. The Morgan fingerprint density at radius 2 is 1.88 bits per heavy atom. The molecule has 1 aromatic rings. The predicted octanol–water partition coefficient (Wildman–Crippen LogP) is 2.47. The van der Waals surface area contributed by atoms with Crippen molar-refractivity contribution in [2.24, 2.45) is 5.92 Å². The van der Waals surface area contributed by atoms with E-state index in [9.17, 15) is 4.79 Å². The second kappa shape index (κ2) is 7.12. The van der Waals surface area contributed by atoms with Gasteiger partial charge in [-0.3, -0.25) is 4.79 Å². The molecule has 0 spiro atoms. The number of benzene rings is 1. The van der Waals surface area contributed by atoms with Crippen molar-refractivity contribution in [3.05, 3.63) is 29.8 Å². The first kappa shape index (κ1) is 14.8. The Morgan fingerprint density at radius 1 is 1.31 bits per heavy atom. The van der Waals surface area contributed by atoms with Gasteiger partial charge in [0.2, 0.25) is 0 Å². The van der Waals surface area contributed by atoms with Crippen LogP contribution in [0.2, 0.25) is 0 Å². The summed E-state index contributed by atoms with van der Waals surface area (Å²) < 4.78 is 0. The molecular weight excluding hydrogens is 224 g/mol. The van der Waals surface area contributed by atoms with E-state index in [0.29, 0.717) is 17.2 Å². The maximum Gasteiger partial charge on any atom is 0.251 e. The van der Waals surface area contributed by atoms with Gasteiger partial charge in [0, 0.05) is 17.8 Å². The van der Waals surface area contributed by atoms with Gasteiger partial charge in [-0.15, -0.1) is 12.4 Å². The molecule has 0 radical (unpaired) electrons. The van der Waals surface area contributed by atoms with Gasteiger partial charge in [-0.1, -0.05) is 13.8 Å². The van der Waals surface area contributed by atoms with Crippen LogP contribution >= 0.6 is 12.4 Å². The van der Waals surface area contributed by atoms with Crippen LogP contribution in [-0.2, 0) is 0 Å². The van der Waals surface area contributed by atoms with Gasteiger partial charge in [0.25, 0.3) is 5.91 Å². The molecule has 0 aliphatic heterocycles. The summed E-state index contributed by atoms with van der Waals surface area (Å²) >= 11 is 0. The lowest BCUT2D eigenvalue weighted by atomic mass is 10.1. The molecule has 90 valence electrons. The monoisotopic (exact) mass is 242 g/mol. The Balaban J connectivity index is 0.00000225. The first-order valence-corrected chi connectivity index (χ1v) is 5.23. The molecule has 4 heteroatoms. The molecule has 1 aromatic carbocycles. The number of halogens is 1. The van der Waals surface area contributed by atoms with Crippen LogP contribution in [0.4, 0.5) is 5.69 Å². The minimum absolute atomic E-state index is 0. The van der Waals surface area contributed by atoms with E-state index in [1.807, 2.05) is 0 Å². The van der Waals surface area contributed by atoms with Gasteiger partial charge < -0.3 is 11.1 Å². The molecule has 0 heterocycles. The number of carbonyl (C=O) groups excluding carboxylic acids is 1. The molecule has 3 nitrogen and oxygen atoms in total. The summed E-state index contributed by atoms with van der Waals surface area (Å²) in [7, 11) is 0. The van der Waals surface area contributed by atoms with Crippen LogP contribution < -0.4 is 11.1 Å². The van der Waals surface area contributed by atoms with Crippen molar-refractivity contribution < 1.29 is 4.79 Å². The molecule has 0 aliphatic carbocycles. The number of nitrogens with two attached hydrogens (primary N) is 1. The number of carbonyl (C=O) groups is 1. The highest BCUT2D eigenvalue weighted by Gasteiger charge is 2.04. The topological polar surface area (TPSA) is 55.1 Å². The quantitative estimate of drug-likeness (QED) is 0.797. The molecule has 0 bridgehead atoms. The van der Waals surface area contributed by atoms with Crippen molar-refractivity contribution in [1.82, 2.24) is 5.32 Å². The third-order valence-electron chi connectivity index (χ3n) is 2.18. The third kappa shape index (κ3) is 5.03. The summed E-state index contributed by atoms with van der Waals surface area (Å²) in [5.41, 5.74) is 6.87. The van der Waals surface area contributed by atoms with Crippen LogP contribution in [0.25, 0.3) is 0 Å². The van der Waals surface area contributed by atoms with Crippen molar-refractivity contribution in [2.75, 3.05) is 12.3 Å². The van der Waals surface area contributed by atoms with E-state index in [2.05, 4.69) is 19.2 Å². The van der Waals surface area contributed by atoms with Crippen LogP contribution in [0.5, 0.6) is 0 Å². The minimum Gasteiger partial charge on any atom is -0.399 e. The summed E-state index contributed by atoms with van der Waals surface area (Å²) in [6.07, 6.45) is 1.00. The van der Waals surface area contributed by atoms with Gasteiger partial charge in [-0.05, 0) is 36.6 Å². The van der Waals surface area contributed by atoms with E-state index in [1.54, 1.807) is 24.3 Å². The summed E-state index contributed by atoms with van der Waals surface area (Å²) in [6, 6.07) is 6.94. The van der Waals surface area contributed by atoms with E-state index in [-0.39, 0.29) is 18.3 Å². The molecular formula is C12H19ClN2O. The van der Waals surface area contributed by atoms with Crippen molar-refractivity contribution in [1.29, 1.82) is 0 Å². The maximum atomic E-state index is 11.6. The Hall–Kier alpha value is -1.22. The standard InChI is InChI=1S/C12H18N2O.ClH/c1-9(2)7-8-14-12(15)10-3-5-11(13)6-4-10;/h3-6,9H,7-8,13H2,1-2H3,(H,14,15);1H. The Bertz CT molecular complexity index is 322.